The molecule has 0 aliphatic rings. The lowest BCUT2D eigenvalue weighted by Crippen LogP contribution is -1.84. The van der Waals surface area contributed by atoms with E-state index in [9.17, 15) is 4.79 Å². The third kappa shape index (κ3) is 1.85. The quantitative estimate of drug-likeness (QED) is 0.645. The lowest BCUT2D eigenvalue weighted by molar-refractivity contribution is 0.112. The van der Waals surface area contributed by atoms with E-state index in [4.69, 9.17) is 4.74 Å². The van der Waals surface area contributed by atoms with E-state index in [-0.39, 0.29) is 0 Å². The highest BCUT2D eigenvalue weighted by Crippen LogP contribution is 2.15. The van der Waals surface area contributed by atoms with Crippen molar-refractivity contribution in [3.05, 3.63) is 15.6 Å². The average Bonchev–Trinajstić information content (AvgIpc) is 2.32. The fourth-order valence-corrected chi connectivity index (χ4v) is 1.61. The van der Waals surface area contributed by atoms with Crippen molar-refractivity contribution in [3.63, 3.8) is 0 Å². The largest absolute Gasteiger partial charge is 0.378 e. The molecule has 0 fully saturated rings. The maximum Gasteiger partial charge on any atom is 0.161 e. The molecule has 0 unspecified atom stereocenters. The number of nitrogens with zero attached hydrogens (tertiary/aromatic N) is 1. The van der Waals surface area contributed by atoms with E-state index < -0.39 is 0 Å². The lowest BCUT2D eigenvalue weighted by Gasteiger charge is -1.88. The number of aryl methyl sites for hydroxylation is 1. The van der Waals surface area contributed by atoms with Crippen LogP contribution in [0.3, 0.4) is 0 Å². The van der Waals surface area contributed by atoms with Crippen LogP contribution in [0.15, 0.2) is 0 Å². The monoisotopic (exact) mass is 171 g/mol. The first kappa shape index (κ1) is 8.36. The van der Waals surface area contributed by atoms with Crippen LogP contribution in [-0.2, 0) is 11.3 Å². The van der Waals surface area contributed by atoms with Gasteiger partial charge in [0.05, 0.1) is 17.2 Å². The molecule has 0 atom stereocenters. The zero-order chi connectivity index (χ0) is 8.27. The first-order valence-electron chi connectivity index (χ1n) is 3.18. The van der Waals surface area contributed by atoms with Crippen molar-refractivity contribution in [1.82, 2.24) is 4.98 Å². The minimum absolute atomic E-state index is 0.485. The fourth-order valence-electron chi connectivity index (χ4n) is 0.760. The second-order valence-electron chi connectivity index (χ2n) is 2.11. The number of carbonyl (C=O) groups excluding carboxylic acids is 1. The van der Waals surface area contributed by atoms with E-state index in [0.29, 0.717) is 11.5 Å². The van der Waals surface area contributed by atoms with Gasteiger partial charge in [0.1, 0.15) is 5.01 Å². The molecule has 1 heterocycles. The number of ether oxygens (including phenoxy) is 1. The SMILES string of the molecule is COCc1nc(C)c(C=O)s1. The molecular weight excluding hydrogens is 162 g/mol. The van der Waals surface area contributed by atoms with Gasteiger partial charge in [0.25, 0.3) is 0 Å². The van der Waals surface area contributed by atoms with Crippen LogP contribution in [-0.4, -0.2) is 18.4 Å². The van der Waals surface area contributed by atoms with Crippen molar-refractivity contribution in [2.24, 2.45) is 0 Å². The Balaban J connectivity index is 2.86. The standard InChI is InChI=1S/C7H9NO2S/c1-5-6(3-9)11-7(8-5)4-10-2/h3H,4H2,1-2H3. The van der Waals surface area contributed by atoms with Crippen LogP contribution in [0.4, 0.5) is 0 Å². The smallest absolute Gasteiger partial charge is 0.161 e. The molecule has 11 heavy (non-hydrogen) atoms. The predicted molar refractivity (Wildman–Crippen MR) is 43.0 cm³/mol. The highest BCUT2D eigenvalue weighted by molar-refractivity contribution is 7.13. The van der Waals surface area contributed by atoms with Gasteiger partial charge in [0.15, 0.2) is 6.29 Å². The van der Waals surface area contributed by atoms with Crippen molar-refractivity contribution in [3.8, 4) is 0 Å². The second kappa shape index (κ2) is 3.59. The zero-order valence-corrected chi connectivity index (χ0v) is 7.27. The molecule has 0 amide bonds. The summed E-state index contributed by atoms with van der Waals surface area (Å²) in [6.07, 6.45) is 0.826. The number of hydrogen-bond acceptors (Lipinski definition) is 4. The number of aromatic nitrogens is 1. The van der Waals surface area contributed by atoms with Gasteiger partial charge < -0.3 is 4.74 Å². The van der Waals surface area contributed by atoms with E-state index in [2.05, 4.69) is 4.98 Å². The first-order valence-corrected chi connectivity index (χ1v) is 4.00. The molecule has 4 heteroatoms. The summed E-state index contributed by atoms with van der Waals surface area (Å²) < 4.78 is 4.87. The Labute approximate surface area is 69.0 Å². The van der Waals surface area contributed by atoms with Crippen molar-refractivity contribution in [1.29, 1.82) is 0 Å². The third-order valence-electron chi connectivity index (χ3n) is 1.25. The number of carbonyl (C=O) groups is 1. The van der Waals surface area contributed by atoms with Crippen molar-refractivity contribution in [2.45, 2.75) is 13.5 Å². The summed E-state index contributed by atoms with van der Waals surface area (Å²) in [5.74, 6) is 0. The third-order valence-corrected chi connectivity index (χ3v) is 2.31. The topological polar surface area (TPSA) is 39.2 Å². The molecule has 0 aliphatic carbocycles. The van der Waals surface area contributed by atoms with Gasteiger partial charge in [0.2, 0.25) is 0 Å². The summed E-state index contributed by atoms with van der Waals surface area (Å²) in [6, 6.07) is 0. The number of thiazole rings is 1. The summed E-state index contributed by atoms with van der Waals surface area (Å²) >= 11 is 1.38. The van der Waals surface area contributed by atoms with E-state index in [1.165, 1.54) is 11.3 Å². The second-order valence-corrected chi connectivity index (χ2v) is 3.22. The van der Waals surface area contributed by atoms with Gasteiger partial charge in [-0.05, 0) is 6.92 Å². The van der Waals surface area contributed by atoms with Crippen LogP contribution in [0.5, 0.6) is 0 Å². The van der Waals surface area contributed by atoms with Crippen molar-refractivity contribution in [2.75, 3.05) is 7.11 Å². The molecule has 0 aromatic carbocycles. The van der Waals surface area contributed by atoms with Crippen molar-refractivity contribution < 1.29 is 9.53 Å². The van der Waals surface area contributed by atoms with Crippen LogP contribution in [0.1, 0.15) is 20.4 Å². The fraction of sp³-hybridized carbons (Fsp3) is 0.429. The molecule has 0 aliphatic heterocycles. The van der Waals surface area contributed by atoms with E-state index in [1.54, 1.807) is 7.11 Å². The predicted octanol–water partition coefficient (Wildman–Crippen LogP) is 1.41. The van der Waals surface area contributed by atoms with Crippen LogP contribution in [0.2, 0.25) is 0 Å². The van der Waals surface area contributed by atoms with Gasteiger partial charge in [-0.1, -0.05) is 0 Å². The Hall–Kier alpha value is -0.740. The molecule has 0 saturated carbocycles. The van der Waals surface area contributed by atoms with Crippen molar-refractivity contribution >= 4 is 17.6 Å². The molecule has 0 radical (unpaired) electrons. The summed E-state index contributed by atoms with van der Waals surface area (Å²) in [7, 11) is 1.61. The van der Waals surface area contributed by atoms with E-state index in [0.717, 1.165) is 17.0 Å². The Kier molecular flexibility index (Phi) is 2.73. The molecular formula is C7H9NO2S. The maximum absolute atomic E-state index is 10.4. The minimum Gasteiger partial charge on any atom is -0.378 e. The Bertz CT molecular complexity index is 257. The van der Waals surface area contributed by atoms with Gasteiger partial charge in [0, 0.05) is 7.11 Å². The van der Waals surface area contributed by atoms with Crippen LogP contribution in [0, 0.1) is 6.92 Å². The van der Waals surface area contributed by atoms with Gasteiger partial charge >= 0.3 is 0 Å². The summed E-state index contributed by atoms with van der Waals surface area (Å²) in [5, 5.41) is 0.854. The molecule has 0 bridgehead atoms. The molecule has 1 aromatic heterocycles. The Morgan fingerprint density at radius 3 is 2.91 bits per heavy atom. The molecule has 0 saturated heterocycles. The molecule has 0 N–H and O–H groups in total. The zero-order valence-electron chi connectivity index (χ0n) is 6.46. The van der Waals surface area contributed by atoms with Gasteiger partial charge in [-0.2, -0.15) is 0 Å². The number of aldehydes is 1. The highest BCUT2D eigenvalue weighted by Gasteiger charge is 2.04. The first-order chi connectivity index (χ1) is 5.27. The van der Waals surface area contributed by atoms with E-state index >= 15 is 0 Å². The van der Waals surface area contributed by atoms with Crippen LogP contribution < -0.4 is 0 Å². The Morgan fingerprint density at radius 1 is 1.73 bits per heavy atom. The highest BCUT2D eigenvalue weighted by atomic mass is 32.1. The molecule has 0 spiro atoms. The van der Waals surface area contributed by atoms with Crippen LogP contribution in [0.25, 0.3) is 0 Å². The molecule has 3 nitrogen and oxygen atoms in total. The average molecular weight is 171 g/mol. The van der Waals surface area contributed by atoms with Gasteiger partial charge in [-0.15, -0.1) is 11.3 Å². The Morgan fingerprint density at radius 2 is 2.45 bits per heavy atom. The maximum atomic E-state index is 10.4. The number of hydrogen-bond donors (Lipinski definition) is 0. The normalized spacial score (nSPS) is 10.0. The van der Waals surface area contributed by atoms with Gasteiger partial charge in [-0.25, -0.2) is 4.98 Å². The lowest BCUT2D eigenvalue weighted by atomic mass is 10.4. The van der Waals surface area contributed by atoms with Crippen LogP contribution >= 0.6 is 11.3 Å². The summed E-state index contributed by atoms with van der Waals surface area (Å²) in [4.78, 5) is 15.2. The summed E-state index contributed by atoms with van der Waals surface area (Å²) in [5.41, 5.74) is 0.789. The summed E-state index contributed by atoms with van der Waals surface area (Å²) in [6.45, 7) is 2.30. The number of rotatable bonds is 3. The molecule has 1 rings (SSSR count). The molecule has 1 aromatic rings. The van der Waals surface area contributed by atoms with Gasteiger partial charge in [-0.3, -0.25) is 4.79 Å². The minimum atomic E-state index is 0.485. The number of methoxy groups -OCH3 is 1. The molecule has 60 valence electrons. The van der Waals surface area contributed by atoms with E-state index in [1.807, 2.05) is 6.92 Å².